The van der Waals surface area contributed by atoms with Crippen LogP contribution in [-0.4, -0.2) is 29.9 Å². The lowest BCUT2D eigenvalue weighted by molar-refractivity contribution is 0.0752. The minimum absolute atomic E-state index is 0.176. The molecule has 128 valence electrons. The van der Waals surface area contributed by atoms with Gasteiger partial charge in [-0.2, -0.15) is 0 Å². The van der Waals surface area contributed by atoms with Crippen molar-refractivity contribution in [2.45, 2.75) is 13.5 Å². The van der Waals surface area contributed by atoms with E-state index in [1.165, 1.54) is 0 Å². The number of furan rings is 1. The molecule has 0 saturated carbocycles. The lowest BCUT2D eigenvalue weighted by atomic mass is 10.2. The van der Waals surface area contributed by atoms with Crippen molar-refractivity contribution < 1.29 is 13.9 Å². The second kappa shape index (κ2) is 7.21. The van der Waals surface area contributed by atoms with Crippen LogP contribution in [0.15, 0.2) is 59.1 Å². The molecular formula is C20H20N2O3. The third-order valence-electron chi connectivity index (χ3n) is 4.04. The van der Waals surface area contributed by atoms with E-state index in [4.69, 9.17) is 9.15 Å². The Kier molecular flexibility index (Phi) is 4.84. The van der Waals surface area contributed by atoms with Gasteiger partial charge in [-0.25, -0.2) is 0 Å². The molecule has 0 atom stereocenters. The van der Waals surface area contributed by atoms with E-state index in [2.05, 4.69) is 4.98 Å². The molecule has 0 aliphatic rings. The van der Waals surface area contributed by atoms with Crippen molar-refractivity contribution in [3.05, 3.63) is 71.7 Å². The highest BCUT2D eigenvalue weighted by molar-refractivity contribution is 5.91. The predicted octanol–water partition coefficient (Wildman–Crippen LogP) is 3.93. The molecule has 0 fully saturated rings. The minimum atomic E-state index is -0.176. The van der Waals surface area contributed by atoms with Crippen LogP contribution >= 0.6 is 0 Å². The van der Waals surface area contributed by atoms with Gasteiger partial charge in [-0.1, -0.05) is 6.07 Å². The summed E-state index contributed by atoms with van der Waals surface area (Å²) in [5.41, 5.74) is 2.82. The van der Waals surface area contributed by atoms with Gasteiger partial charge in [0.1, 0.15) is 11.5 Å². The minimum Gasteiger partial charge on any atom is -0.497 e. The van der Waals surface area contributed by atoms with Crippen LogP contribution in [0.5, 0.6) is 5.75 Å². The largest absolute Gasteiger partial charge is 0.497 e. The average Bonchev–Trinajstić information content (AvgIpc) is 3.13. The molecule has 2 aromatic heterocycles. The SMILES string of the molecule is COc1ccc(-c2ccc(C(=O)N(C)Cc3ncccc3C)o2)cc1. The predicted molar refractivity (Wildman–Crippen MR) is 95.5 cm³/mol. The maximum Gasteiger partial charge on any atom is 0.289 e. The number of benzene rings is 1. The van der Waals surface area contributed by atoms with Crippen molar-refractivity contribution in [2.24, 2.45) is 0 Å². The number of nitrogens with zero attached hydrogens (tertiary/aromatic N) is 2. The van der Waals surface area contributed by atoms with E-state index in [0.717, 1.165) is 22.6 Å². The van der Waals surface area contributed by atoms with Crippen molar-refractivity contribution in [3.63, 3.8) is 0 Å². The summed E-state index contributed by atoms with van der Waals surface area (Å²) in [5.74, 6) is 1.55. The molecule has 1 amide bonds. The van der Waals surface area contributed by atoms with E-state index >= 15 is 0 Å². The molecule has 0 aliphatic carbocycles. The Morgan fingerprint density at radius 1 is 1.16 bits per heavy atom. The Morgan fingerprint density at radius 3 is 2.60 bits per heavy atom. The fraction of sp³-hybridized carbons (Fsp3) is 0.200. The van der Waals surface area contributed by atoms with Crippen LogP contribution in [0.2, 0.25) is 0 Å². The summed E-state index contributed by atoms with van der Waals surface area (Å²) in [6.45, 7) is 2.42. The smallest absolute Gasteiger partial charge is 0.289 e. The van der Waals surface area contributed by atoms with Crippen molar-refractivity contribution in [3.8, 4) is 17.1 Å². The molecule has 0 saturated heterocycles. The van der Waals surface area contributed by atoms with E-state index in [9.17, 15) is 4.79 Å². The molecule has 25 heavy (non-hydrogen) atoms. The van der Waals surface area contributed by atoms with Gasteiger partial charge in [-0.05, 0) is 55.0 Å². The van der Waals surface area contributed by atoms with Crippen LogP contribution in [0.25, 0.3) is 11.3 Å². The number of carbonyl (C=O) groups is 1. The van der Waals surface area contributed by atoms with E-state index in [0.29, 0.717) is 18.1 Å². The molecule has 0 aliphatic heterocycles. The van der Waals surface area contributed by atoms with Crippen LogP contribution in [0.1, 0.15) is 21.8 Å². The highest BCUT2D eigenvalue weighted by Crippen LogP contribution is 2.25. The number of methoxy groups -OCH3 is 1. The number of carbonyl (C=O) groups excluding carboxylic acids is 1. The molecule has 5 heteroatoms. The number of aryl methyl sites for hydroxylation is 1. The zero-order valence-electron chi connectivity index (χ0n) is 14.5. The number of amides is 1. The second-order valence-electron chi connectivity index (χ2n) is 5.82. The lowest BCUT2D eigenvalue weighted by Crippen LogP contribution is -2.26. The standard InChI is InChI=1S/C20H20N2O3/c1-14-5-4-12-21-17(14)13-22(2)20(23)19-11-10-18(25-19)15-6-8-16(24-3)9-7-15/h4-12H,13H2,1-3H3. The maximum atomic E-state index is 12.6. The molecule has 1 aromatic carbocycles. The molecule has 3 rings (SSSR count). The molecule has 0 N–H and O–H groups in total. The molecule has 3 aromatic rings. The molecule has 2 heterocycles. The Labute approximate surface area is 146 Å². The molecule has 0 bridgehead atoms. The van der Waals surface area contributed by atoms with E-state index in [1.54, 1.807) is 37.4 Å². The number of hydrogen-bond donors (Lipinski definition) is 0. The van der Waals surface area contributed by atoms with Gasteiger partial charge in [-0.15, -0.1) is 0 Å². The van der Waals surface area contributed by atoms with Gasteiger partial charge in [0.25, 0.3) is 5.91 Å². The Morgan fingerprint density at radius 2 is 1.92 bits per heavy atom. The number of pyridine rings is 1. The Balaban J connectivity index is 1.74. The van der Waals surface area contributed by atoms with Gasteiger partial charge in [0.15, 0.2) is 5.76 Å². The number of hydrogen-bond acceptors (Lipinski definition) is 4. The van der Waals surface area contributed by atoms with Crippen molar-refractivity contribution in [1.29, 1.82) is 0 Å². The quantitative estimate of drug-likeness (QED) is 0.708. The van der Waals surface area contributed by atoms with Crippen LogP contribution in [0.3, 0.4) is 0 Å². The third-order valence-corrected chi connectivity index (χ3v) is 4.04. The summed E-state index contributed by atoms with van der Waals surface area (Å²) in [6, 6.07) is 14.9. The lowest BCUT2D eigenvalue weighted by Gasteiger charge is -2.16. The van der Waals surface area contributed by atoms with Crippen LogP contribution in [-0.2, 0) is 6.54 Å². The first kappa shape index (κ1) is 16.8. The second-order valence-corrected chi connectivity index (χ2v) is 5.82. The van der Waals surface area contributed by atoms with E-state index in [-0.39, 0.29) is 5.91 Å². The summed E-state index contributed by atoms with van der Waals surface area (Å²) in [4.78, 5) is 18.5. The molecule has 5 nitrogen and oxygen atoms in total. The fourth-order valence-corrected chi connectivity index (χ4v) is 2.53. The molecular weight excluding hydrogens is 316 g/mol. The van der Waals surface area contributed by atoms with Crippen LogP contribution < -0.4 is 4.74 Å². The molecule has 0 spiro atoms. The van der Waals surface area contributed by atoms with E-state index < -0.39 is 0 Å². The maximum absolute atomic E-state index is 12.6. The van der Waals surface area contributed by atoms with Crippen LogP contribution in [0.4, 0.5) is 0 Å². The summed E-state index contributed by atoms with van der Waals surface area (Å²) in [6.07, 6.45) is 1.73. The normalized spacial score (nSPS) is 10.5. The zero-order chi connectivity index (χ0) is 17.8. The first-order chi connectivity index (χ1) is 12.1. The zero-order valence-corrected chi connectivity index (χ0v) is 14.5. The summed E-state index contributed by atoms with van der Waals surface area (Å²) >= 11 is 0. The average molecular weight is 336 g/mol. The van der Waals surface area contributed by atoms with Crippen molar-refractivity contribution in [1.82, 2.24) is 9.88 Å². The van der Waals surface area contributed by atoms with E-state index in [1.807, 2.05) is 43.3 Å². The van der Waals surface area contributed by atoms with Crippen molar-refractivity contribution in [2.75, 3.05) is 14.2 Å². The Hall–Kier alpha value is -3.08. The highest BCUT2D eigenvalue weighted by Gasteiger charge is 2.18. The number of ether oxygens (including phenoxy) is 1. The fourth-order valence-electron chi connectivity index (χ4n) is 2.53. The number of rotatable bonds is 5. The van der Waals surface area contributed by atoms with Gasteiger partial charge >= 0.3 is 0 Å². The molecule has 0 unspecified atom stereocenters. The van der Waals surface area contributed by atoms with Gasteiger partial charge in [0.2, 0.25) is 0 Å². The van der Waals surface area contributed by atoms with Gasteiger partial charge in [0.05, 0.1) is 19.3 Å². The van der Waals surface area contributed by atoms with Crippen molar-refractivity contribution >= 4 is 5.91 Å². The molecule has 0 radical (unpaired) electrons. The number of aromatic nitrogens is 1. The summed E-state index contributed by atoms with van der Waals surface area (Å²) in [7, 11) is 3.36. The van der Waals surface area contributed by atoms with Gasteiger partial charge < -0.3 is 14.1 Å². The Bertz CT molecular complexity index is 869. The summed E-state index contributed by atoms with van der Waals surface area (Å²) in [5, 5.41) is 0. The summed E-state index contributed by atoms with van der Waals surface area (Å²) < 4.78 is 10.9. The van der Waals surface area contributed by atoms with Gasteiger partial charge in [0, 0.05) is 18.8 Å². The first-order valence-corrected chi connectivity index (χ1v) is 7.98. The topological polar surface area (TPSA) is 55.6 Å². The van der Waals surface area contributed by atoms with Crippen LogP contribution in [0, 0.1) is 6.92 Å². The third kappa shape index (κ3) is 3.71. The highest BCUT2D eigenvalue weighted by atomic mass is 16.5. The first-order valence-electron chi connectivity index (χ1n) is 7.98. The van der Waals surface area contributed by atoms with Gasteiger partial charge in [-0.3, -0.25) is 9.78 Å². The monoisotopic (exact) mass is 336 g/mol.